The molecule has 5 heteroatoms. The lowest BCUT2D eigenvalue weighted by atomic mass is 9.98. The minimum absolute atomic E-state index is 0.215. The van der Waals surface area contributed by atoms with Crippen LogP contribution in [0.4, 0.5) is 0 Å². The number of aromatic nitrogens is 1. The molecule has 0 aliphatic heterocycles. The zero-order valence-corrected chi connectivity index (χ0v) is 17.0. The standard InChI is InChI=1S/C25H25N3O2/c1-3-17-28(25(30)22-15-9-10-16-26-22)23(21-14-8-7-11-19(21)2)24(29)27-18-20-12-5-4-6-13-20/h3-16,23H,1,17-18H2,2H3,(H,27,29). The molecule has 1 unspecified atom stereocenters. The topological polar surface area (TPSA) is 62.3 Å². The number of carbonyl (C=O) groups excluding carboxylic acids is 2. The Bertz CT molecular complexity index is 1000. The van der Waals surface area contributed by atoms with Gasteiger partial charge < -0.3 is 10.2 Å². The number of pyridine rings is 1. The van der Waals surface area contributed by atoms with E-state index in [1.165, 1.54) is 4.90 Å². The maximum Gasteiger partial charge on any atom is 0.273 e. The smallest absolute Gasteiger partial charge is 0.273 e. The molecule has 0 saturated heterocycles. The highest BCUT2D eigenvalue weighted by molar-refractivity contribution is 5.96. The quantitative estimate of drug-likeness (QED) is 0.581. The first kappa shape index (κ1) is 21.0. The molecule has 1 aromatic heterocycles. The largest absolute Gasteiger partial charge is 0.350 e. The lowest BCUT2D eigenvalue weighted by Gasteiger charge is -2.31. The number of carbonyl (C=O) groups is 2. The Kier molecular flexibility index (Phi) is 7.11. The van der Waals surface area contributed by atoms with E-state index in [0.29, 0.717) is 6.54 Å². The molecule has 1 heterocycles. The Labute approximate surface area is 177 Å². The normalized spacial score (nSPS) is 11.4. The van der Waals surface area contributed by atoms with E-state index < -0.39 is 6.04 Å². The van der Waals surface area contributed by atoms with Gasteiger partial charge in [0.25, 0.3) is 5.91 Å². The molecule has 0 radical (unpaired) electrons. The van der Waals surface area contributed by atoms with Gasteiger partial charge >= 0.3 is 0 Å². The SMILES string of the molecule is C=CCN(C(=O)c1ccccn1)C(C(=O)NCc1ccccc1)c1ccccc1C. The van der Waals surface area contributed by atoms with Crippen LogP contribution in [0.2, 0.25) is 0 Å². The number of benzene rings is 2. The summed E-state index contributed by atoms with van der Waals surface area (Å²) in [4.78, 5) is 32.3. The van der Waals surface area contributed by atoms with E-state index in [0.717, 1.165) is 16.7 Å². The molecule has 0 spiro atoms. The summed E-state index contributed by atoms with van der Waals surface area (Å²) in [6.07, 6.45) is 3.19. The van der Waals surface area contributed by atoms with Crippen LogP contribution in [0.1, 0.15) is 33.2 Å². The second kappa shape index (κ2) is 10.2. The van der Waals surface area contributed by atoms with Crippen molar-refractivity contribution >= 4 is 11.8 Å². The van der Waals surface area contributed by atoms with E-state index in [2.05, 4.69) is 16.9 Å². The van der Waals surface area contributed by atoms with E-state index in [1.807, 2.05) is 61.5 Å². The molecule has 0 aliphatic carbocycles. The van der Waals surface area contributed by atoms with Crippen molar-refractivity contribution in [2.24, 2.45) is 0 Å². The molecule has 2 amide bonds. The number of nitrogens with one attached hydrogen (secondary N) is 1. The molecule has 3 rings (SSSR count). The molecular weight excluding hydrogens is 374 g/mol. The van der Waals surface area contributed by atoms with Crippen molar-refractivity contribution in [3.8, 4) is 0 Å². The van der Waals surface area contributed by atoms with Gasteiger partial charge in [0, 0.05) is 19.3 Å². The summed E-state index contributed by atoms with van der Waals surface area (Å²) in [5.41, 5.74) is 2.98. The van der Waals surface area contributed by atoms with Crippen molar-refractivity contribution < 1.29 is 9.59 Å². The fourth-order valence-corrected chi connectivity index (χ4v) is 3.31. The molecular formula is C25H25N3O2. The van der Waals surface area contributed by atoms with Gasteiger partial charge in [0.1, 0.15) is 11.7 Å². The average Bonchev–Trinajstić information content (AvgIpc) is 2.79. The zero-order valence-electron chi connectivity index (χ0n) is 17.0. The van der Waals surface area contributed by atoms with Crippen molar-refractivity contribution in [3.05, 3.63) is 114 Å². The minimum atomic E-state index is -0.803. The van der Waals surface area contributed by atoms with Crippen molar-refractivity contribution in [1.82, 2.24) is 15.2 Å². The molecule has 1 atom stereocenters. The average molecular weight is 399 g/mol. The van der Waals surface area contributed by atoms with Crippen molar-refractivity contribution in [1.29, 1.82) is 0 Å². The molecule has 2 aromatic carbocycles. The summed E-state index contributed by atoms with van der Waals surface area (Å²) in [5, 5.41) is 2.98. The Hall–Kier alpha value is -3.73. The highest BCUT2D eigenvalue weighted by Crippen LogP contribution is 2.26. The van der Waals surface area contributed by atoms with Gasteiger partial charge in [-0.15, -0.1) is 6.58 Å². The Balaban J connectivity index is 1.96. The van der Waals surface area contributed by atoms with Gasteiger partial charge in [0.2, 0.25) is 5.91 Å². The number of amides is 2. The second-order valence-electron chi connectivity index (χ2n) is 6.92. The summed E-state index contributed by atoms with van der Waals surface area (Å²) in [5.74, 6) is -0.571. The molecule has 0 saturated carbocycles. The van der Waals surface area contributed by atoms with E-state index in [9.17, 15) is 9.59 Å². The molecule has 0 fully saturated rings. The maximum absolute atomic E-state index is 13.4. The first-order valence-electron chi connectivity index (χ1n) is 9.82. The van der Waals surface area contributed by atoms with Gasteiger partial charge in [-0.3, -0.25) is 14.6 Å². The van der Waals surface area contributed by atoms with Gasteiger partial charge in [-0.1, -0.05) is 66.7 Å². The second-order valence-corrected chi connectivity index (χ2v) is 6.92. The predicted octanol–water partition coefficient (Wildman–Crippen LogP) is 4.08. The van der Waals surface area contributed by atoms with Gasteiger partial charge in [0.05, 0.1) is 0 Å². The van der Waals surface area contributed by atoms with Crippen molar-refractivity contribution in [3.63, 3.8) is 0 Å². The molecule has 3 aromatic rings. The van der Waals surface area contributed by atoms with Crippen LogP contribution >= 0.6 is 0 Å². The van der Waals surface area contributed by atoms with Crippen LogP contribution < -0.4 is 5.32 Å². The van der Waals surface area contributed by atoms with Crippen LogP contribution in [0.25, 0.3) is 0 Å². The van der Waals surface area contributed by atoms with E-state index in [4.69, 9.17) is 0 Å². The first-order chi connectivity index (χ1) is 14.6. The van der Waals surface area contributed by atoms with E-state index in [-0.39, 0.29) is 24.1 Å². The zero-order chi connectivity index (χ0) is 21.3. The van der Waals surface area contributed by atoms with Crippen LogP contribution in [-0.4, -0.2) is 28.2 Å². The van der Waals surface area contributed by atoms with Crippen molar-refractivity contribution in [2.75, 3.05) is 6.54 Å². The Morgan fingerprint density at radius 2 is 1.73 bits per heavy atom. The van der Waals surface area contributed by atoms with Crippen LogP contribution in [0, 0.1) is 6.92 Å². The van der Waals surface area contributed by atoms with Crippen LogP contribution in [0.3, 0.4) is 0 Å². The minimum Gasteiger partial charge on any atom is -0.350 e. The summed E-state index contributed by atoms with van der Waals surface area (Å²) >= 11 is 0. The molecule has 152 valence electrons. The fraction of sp³-hybridized carbons (Fsp3) is 0.160. The third kappa shape index (κ3) is 5.00. The summed E-state index contributed by atoms with van der Waals surface area (Å²) in [6, 6.07) is 21.6. The molecule has 0 bridgehead atoms. The number of aryl methyl sites for hydroxylation is 1. The number of hydrogen-bond acceptors (Lipinski definition) is 3. The van der Waals surface area contributed by atoms with Crippen LogP contribution in [0.5, 0.6) is 0 Å². The maximum atomic E-state index is 13.4. The van der Waals surface area contributed by atoms with E-state index in [1.54, 1.807) is 30.5 Å². The number of hydrogen-bond donors (Lipinski definition) is 1. The lowest BCUT2D eigenvalue weighted by molar-refractivity contribution is -0.126. The number of nitrogens with zero attached hydrogens (tertiary/aromatic N) is 2. The molecule has 0 aliphatic rings. The third-order valence-electron chi connectivity index (χ3n) is 4.82. The van der Waals surface area contributed by atoms with Crippen LogP contribution in [-0.2, 0) is 11.3 Å². The highest BCUT2D eigenvalue weighted by atomic mass is 16.2. The van der Waals surface area contributed by atoms with E-state index >= 15 is 0 Å². The van der Waals surface area contributed by atoms with Crippen molar-refractivity contribution in [2.45, 2.75) is 19.5 Å². The molecule has 5 nitrogen and oxygen atoms in total. The molecule has 30 heavy (non-hydrogen) atoms. The fourth-order valence-electron chi connectivity index (χ4n) is 3.31. The van der Waals surface area contributed by atoms with Gasteiger partial charge in [-0.2, -0.15) is 0 Å². The monoisotopic (exact) mass is 399 g/mol. The summed E-state index contributed by atoms with van der Waals surface area (Å²) < 4.78 is 0. The van der Waals surface area contributed by atoms with Gasteiger partial charge in [-0.05, 0) is 35.7 Å². The highest BCUT2D eigenvalue weighted by Gasteiger charge is 2.32. The third-order valence-corrected chi connectivity index (χ3v) is 4.82. The molecule has 1 N–H and O–H groups in total. The lowest BCUT2D eigenvalue weighted by Crippen LogP contribution is -2.44. The van der Waals surface area contributed by atoms with Crippen LogP contribution in [0.15, 0.2) is 91.6 Å². The number of rotatable bonds is 8. The summed E-state index contributed by atoms with van der Waals surface area (Å²) in [7, 11) is 0. The Morgan fingerprint density at radius 3 is 2.40 bits per heavy atom. The summed E-state index contributed by atoms with van der Waals surface area (Å²) in [6.45, 7) is 6.31. The Morgan fingerprint density at radius 1 is 1.03 bits per heavy atom. The van der Waals surface area contributed by atoms with Gasteiger partial charge in [0.15, 0.2) is 0 Å². The van der Waals surface area contributed by atoms with Gasteiger partial charge in [-0.25, -0.2) is 0 Å². The first-order valence-corrected chi connectivity index (χ1v) is 9.82. The predicted molar refractivity (Wildman–Crippen MR) is 118 cm³/mol.